The molecule has 0 aromatic carbocycles. The molecule has 1 unspecified atom stereocenters. The second-order valence-electron chi connectivity index (χ2n) is 5.15. The van der Waals surface area contributed by atoms with Crippen molar-refractivity contribution in [2.24, 2.45) is 5.92 Å². The summed E-state index contributed by atoms with van der Waals surface area (Å²) < 4.78 is 0. The number of hydrogen-bond donors (Lipinski definition) is 1. The summed E-state index contributed by atoms with van der Waals surface area (Å²) in [6.45, 7) is 10.1. The van der Waals surface area contributed by atoms with E-state index in [2.05, 4.69) is 45.1 Å². The lowest BCUT2D eigenvalue weighted by molar-refractivity contribution is 0.436. The van der Waals surface area contributed by atoms with Crippen molar-refractivity contribution in [3.8, 4) is 0 Å². The van der Waals surface area contributed by atoms with Crippen LogP contribution in [-0.2, 0) is 12.8 Å². The summed E-state index contributed by atoms with van der Waals surface area (Å²) in [6, 6.07) is 5.25. The molecule has 0 aliphatic heterocycles. The van der Waals surface area contributed by atoms with Gasteiger partial charge in [-0.15, -0.1) is 11.3 Å². The third kappa shape index (κ3) is 5.69. The molecule has 0 spiro atoms. The Hall–Kier alpha value is -0.340. The van der Waals surface area contributed by atoms with Crippen LogP contribution in [0.3, 0.4) is 0 Å². The van der Waals surface area contributed by atoms with Gasteiger partial charge in [0.05, 0.1) is 0 Å². The van der Waals surface area contributed by atoms with Crippen LogP contribution in [0.4, 0.5) is 0 Å². The summed E-state index contributed by atoms with van der Waals surface area (Å²) >= 11 is 1.98. The van der Waals surface area contributed by atoms with Gasteiger partial charge in [0.2, 0.25) is 0 Å². The average molecular weight is 253 g/mol. The molecule has 0 fully saturated rings. The first-order valence-electron chi connectivity index (χ1n) is 6.96. The Bertz CT molecular complexity index is 304. The molecule has 1 heterocycles. The molecule has 0 bridgehead atoms. The monoisotopic (exact) mass is 253 g/mol. The van der Waals surface area contributed by atoms with Gasteiger partial charge in [0.15, 0.2) is 0 Å². The van der Waals surface area contributed by atoms with Crippen LogP contribution in [-0.4, -0.2) is 12.6 Å². The maximum Gasteiger partial charge on any atom is 0.0115 e. The van der Waals surface area contributed by atoms with Crippen molar-refractivity contribution >= 4 is 11.3 Å². The van der Waals surface area contributed by atoms with E-state index in [9.17, 15) is 0 Å². The Labute approximate surface area is 111 Å². The van der Waals surface area contributed by atoms with E-state index in [4.69, 9.17) is 0 Å². The normalized spacial score (nSPS) is 13.2. The lowest BCUT2D eigenvalue weighted by atomic mass is 10.0. The van der Waals surface area contributed by atoms with Gasteiger partial charge >= 0.3 is 0 Å². The van der Waals surface area contributed by atoms with E-state index in [1.54, 1.807) is 0 Å². The van der Waals surface area contributed by atoms with Gasteiger partial charge in [-0.3, -0.25) is 0 Å². The van der Waals surface area contributed by atoms with Crippen molar-refractivity contribution in [2.75, 3.05) is 6.54 Å². The highest BCUT2D eigenvalue weighted by Gasteiger charge is 2.10. The number of thiophene rings is 1. The van der Waals surface area contributed by atoms with Gasteiger partial charge in [-0.2, -0.15) is 0 Å². The fourth-order valence-electron chi connectivity index (χ4n) is 2.06. The quantitative estimate of drug-likeness (QED) is 0.729. The maximum absolute atomic E-state index is 3.62. The lowest BCUT2D eigenvalue weighted by Gasteiger charge is -2.18. The fourth-order valence-corrected chi connectivity index (χ4v) is 3.10. The van der Waals surface area contributed by atoms with E-state index in [0.717, 1.165) is 12.5 Å². The first kappa shape index (κ1) is 14.7. The molecule has 1 aromatic heterocycles. The topological polar surface area (TPSA) is 12.0 Å². The smallest absolute Gasteiger partial charge is 0.0115 e. The molecule has 1 N–H and O–H groups in total. The molecule has 1 rings (SSSR count). The zero-order chi connectivity index (χ0) is 12.7. The molecule has 0 aliphatic rings. The number of nitrogens with one attached hydrogen (secondary N) is 1. The largest absolute Gasteiger partial charge is 0.314 e. The van der Waals surface area contributed by atoms with Crippen molar-refractivity contribution in [1.82, 2.24) is 5.32 Å². The lowest BCUT2D eigenvalue weighted by Crippen LogP contribution is -2.31. The van der Waals surface area contributed by atoms with Crippen LogP contribution in [0.15, 0.2) is 12.1 Å². The molecule has 17 heavy (non-hydrogen) atoms. The molecule has 1 aromatic rings. The van der Waals surface area contributed by atoms with E-state index in [-0.39, 0.29) is 0 Å². The van der Waals surface area contributed by atoms with E-state index >= 15 is 0 Å². The predicted octanol–water partition coefficient (Wildman–Crippen LogP) is 4.27. The van der Waals surface area contributed by atoms with Crippen molar-refractivity contribution < 1.29 is 0 Å². The van der Waals surface area contributed by atoms with Crippen LogP contribution < -0.4 is 5.32 Å². The highest BCUT2D eigenvalue weighted by atomic mass is 32.1. The van der Waals surface area contributed by atoms with Crippen LogP contribution in [0.5, 0.6) is 0 Å². The van der Waals surface area contributed by atoms with Gasteiger partial charge in [-0.1, -0.05) is 27.7 Å². The number of aryl methyl sites for hydroxylation is 1. The van der Waals surface area contributed by atoms with E-state index in [1.165, 1.54) is 35.4 Å². The van der Waals surface area contributed by atoms with Crippen LogP contribution in [0, 0.1) is 5.92 Å². The minimum Gasteiger partial charge on any atom is -0.314 e. The van der Waals surface area contributed by atoms with Gasteiger partial charge in [0, 0.05) is 15.8 Å². The molecule has 0 saturated carbocycles. The van der Waals surface area contributed by atoms with Crippen molar-refractivity contribution in [2.45, 2.75) is 59.4 Å². The minimum atomic E-state index is 0.658. The zero-order valence-corrected chi connectivity index (χ0v) is 12.6. The molecular weight excluding hydrogens is 226 g/mol. The molecular formula is C15H27NS. The first-order chi connectivity index (χ1) is 8.15. The Kier molecular flexibility index (Phi) is 6.83. The summed E-state index contributed by atoms with van der Waals surface area (Å²) in [7, 11) is 0. The summed E-state index contributed by atoms with van der Waals surface area (Å²) in [4.78, 5) is 3.05. The number of rotatable bonds is 8. The Balaban J connectivity index is 2.47. The van der Waals surface area contributed by atoms with E-state index in [1.807, 2.05) is 11.3 Å². The molecule has 2 heteroatoms. The molecule has 0 saturated heterocycles. The highest BCUT2D eigenvalue weighted by molar-refractivity contribution is 7.11. The maximum atomic E-state index is 3.62. The minimum absolute atomic E-state index is 0.658. The molecule has 0 radical (unpaired) electrons. The standard InChI is InChI=1S/C15H27NS/c1-5-14-9-10-15(17-14)11-13(16-6-2)8-7-12(3)4/h9-10,12-13,16H,5-8,11H2,1-4H3. The fraction of sp³-hybridized carbons (Fsp3) is 0.733. The molecule has 1 atom stereocenters. The number of likely N-dealkylation sites (N-methyl/N-ethyl adjacent to an activating group) is 1. The van der Waals surface area contributed by atoms with Gasteiger partial charge in [0.1, 0.15) is 0 Å². The molecule has 0 aliphatic carbocycles. The molecule has 98 valence electrons. The average Bonchev–Trinajstić information content (AvgIpc) is 2.74. The summed E-state index contributed by atoms with van der Waals surface area (Å²) in [5.41, 5.74) is 0. The van der Waals surface area contributed by atoms with E-state index < -0.39 is 0 Å². The zero-order valence-electron chi connectivity index (χ0n) is 11.8. The predicted molar refractivity (Wildman–Crippen MR) is 78.9 cm³/mol. The number of hydrogen-bond acceptors (Lipinski definition) is 2. The van der Waals surface area contributed by atoms with Gasteiger partial charge in [-0.05, 0) is 50.3 Å². The van der Waals surface area contributed by atoms with Crippen molar-refractivity contribution in [3.63, 3.8) is 0 Å². The second-order valence-corrected chi connectivity index (χ2v) is 6.40. The Morgan fingerprint density at radius 1 is 1.12 bits per heavy atom. The van der Waals surface area contributed by atoms with E-state index in [0.29, 0.717) is 6.04 Å². The first-order valence-corrected chi connectivity index (χ1v) is 7.78. The molecule has 1 nitrogen and oxygen atoms in total. The Morgan fingerprint density at radius 2 is 1.82 bits per heavy atom. The van der Waals surface area contributed by atoms with Crippen molar-refractivity contribution in [3.05, 3.63) is 21.9 Å². The third-order valence-electron chi connectivity index (χ3n) is 3.10. The highest BCUT2D eigenvalue weighted by Crippen LogP contribution is 2.20. The van der Waals surface area contributed by atoms with Crippen LogP contribution in [0.2, 0.25) is 0 Å². The van der Waals surface area contributed by atoms with Gasteiger partial charge < -0.3 is 5.32 Å². The van der Waals surface area contributed by atoms with Crippen LogP contribution in [0.25, 0.3) is 0 Å². The van der Waals surface area contributed by atoms with Crippen molar-refractivity contribution in [1.29, 1.82) is 0 Å². The van der Waals surface area contributed by atoms with Gasteiger partial charge in [0.25, 0.3) is 0 Å². The second kappa shape index (κ2) is 7.88. The summed E-state index contributed by atoms with van der Waals surface area (Å²) in [6.07, 6.45) is 4.99. The Morgan fingerprint density at radius 3 is 2.35 bits per heavy atom. The molecule has 0 amide bonds. The third-order valence-corrected chi connectivity index (χ3v) is 4.35. The summed E-state index contributed by atoms with van der Waals surface area (Å²) in [5, 5.41) is 3.62. The van der Waals surface area contributed by atoms with Gasteiger partial charge in [-0.25, -0.2) is 0 Å². The SMILES string of the molecule is CCNC(CCC(C)C)Cc1ccc(CC)s1. The van der Waals surface area contributed by atoms with Crippen LogP contribution in [0.1, 0.15) is 50.3 Å². The summed E-state index contributed by atoms with van der Waals surface area (Å²) in [5.74, 6) is 0.811. The van der Waals surface area contributed by atoms with Crippen LogP contribution >= 0.6 is 11.3 Å².